The molecule has 0 aliphatic heterocycles. The molecule has 0 saturated carbocycles. The molecule has 5 aromatic rings. The van der Waals surface area contributed by atoms with Crippen molar-refractivity contribution < 1.29 is 9.47 Å². The molecule has 0 radical (unpaired) electrons. The highest BCUT2D eigenvalue weighted by Gasteiger charge is 2.05. The lowest BCUT2D eigenvalue weighted by atomic mass is 9.99. The Morgan fingerprint density at radius 1 is 0.647 bits per heavy atom. The quantitative estimate of drug-likeness (QED) is 0.242. The van der Waals surface area contributed by atoms with Gasteiger partial charge in [-0.1, -0.05) is 56.3 Å². The Morgan fingerprint density at radius 2 is 1.26 bits per heavy atom. The summed E-state index contributed by atoms with van der Waals surface area (Å²) >= 11 is 0. The van der Waals surface area contributed by atoms with E-state index in [2.05, 4.69) is 85.9 Å². The molecule has 5 aromatic carbocycles. The van der Waals surface area contributed by atoms with Crippen molar-refractivity contribution in [2.45, 2.75) is 20.4 Å². The summed E-state index contributed by atoms with van der Waals surface area (Å²) in [6.07, 6.45) is 0. The van der Waals surface area contributed by atoms with Crippen molar-refractivity contribution in [3.63, 3.8) is 0 Å². The topological polar surface area (TPSA) is 30.5 Å². The summed E-state index contributed by atoms with van der Waals surface area (Å²) in [5.41, 5.74) is 2.34. The zero-order valence-electron chi connectivity index (χ0n) is 19.6. The molecule has 0 aliphatic carbocycles. The van der Waals surface area contributed by atoms with Crippen LogP contribution in [0.15, 0.2) is 103 Å². The first-order valence-corrected chi connectivity index (χ1v) is 11.8. The maximum absolute atomic E-state index is 5.99. The van der Waals surface area contributed by atoms with Crippen LogP contribution in [-0.4, -0.2) is 6.61 Å². The normalized spacial score (nSPS) is 11.1. The molecular weight excluding hydrogens is 418 g/mol. The van der Waals surface area contributed by atoms with Gasteiger partial charge in [-0.3, -0.25) is 0 Å². The predicted octanol–water partition coefficient (Wildman–Crippen LogP) is 8.43. The van der Waals surface area contributed by atoms with Crippen molar-refractivity contribution in [2.75, 3.05) is 11.9 Å². The van der Waals surface area contributed by atoms with Crippen molar-refractivity contribution in [1.29, 1.82) is 0 Å². The SMILES string of the molecule is CC(C)COc1ccc(Oc2ccc(NCc3cccc4cc5ccccc5cc34)cc2)cc1. The number of hydrogen-bond donors (Lipinski definition) is 1. The molecule has 0 atom stereocenters. The average molecular weight is 448 g/mol. The average Bonchev–Trinajstić information content (AvgIpc) is 2.86. The molecule has 0 unspecified atom stereocenters. The number of benzene rings is 5. The first-order chi connectivity index (χ1) is 16.6. The van der Waals surface area contributed by atoms with E-state index >= 15 is 0 Å². The fourth-order valence-corrected chi connectivity index (χ4v) is 4.03. The first kappa shape index (κ1) is 21.8. The van der Waals surface area contributed by atoms with Gasteiger partial charge >= 0.3 is 0 Å². The number of rotatable bonds is 8. The van der Waals surface area contributed by atoms with E-state index in [-0.39, 0.29) is 0 Å². The van der Waals surface area contributed by atoms with Crippen molar-refractivity contribution in [3.8, 4) is 17.2 Å². The van der Waals surface area contributed by atoms with Crippen LogP contribution in [0.4, 0.5) is 5.69 Å². The Labute approximate surface area is 201 Å². The maximum atomic E-state index is 5.99. The number of hydrogen-bond acceptors (Lipinski definition) is 3. The van der Waals surface area contributed by atoms with Crippen LogP contribution >= 0.6 is 0 Å². The van der Waals surface area contributed by atoms with E-state index in [0.29, 0.717) is 12.5 Å². The molecule has 34 heavy (non-hydrogen) atoms. The fourth-order valence-electron chi connectivity index (χ4n) is 4.03. The van der Waals surface area contributed by atoms with Gasteiger partial charge in [-0.2, -0.15) is 0 Å². The first-order valence-electron chi connectivity index (χ1n) is 11.8. The second-order valence-electron chi connectivity index (χ2n) is 8.99. The molecule has 0 saturated heterocycles. The Hall–Kier alpha value is -3.98. The number of nitrogens with one attached hydrogen (secondary N) is 1. The van der Waals surface area contributed by atoms with Crippen molar-refractivity contribution >= 4 is 27.2 Å². The van der Waals surface area contributed by atoms with E-state index in [1.54, 1.807) is 0 Å². The highest BCUT2D eigenvalue weighted by molar-refractivity contribution is 5.99. The Kier molecular flexibility index (Phi) is 6.35. The summed E-state index contributed by atoms with van der Waals surface area (Å²) in [4.78, 5) is 0. The predicted molar refractivity (Wildman–Crippen MR) is 142 cm³/mol. The van der Waals surface area contributed by atoms with Gasteiger partial charge in [0.25, 0.3) is 0 Å². The molecule has 0 aromatic heterocycles. The molecule has 170 valence electrons. The van der Waals surface area contributed by atoms with E-state index < -0.39 is 0 Å². The van der Waals surface area contributed by atoms with Crippen LogP contribution in [0.25, 0.3) is 21.5 Å². The van der Waals surface area contributed by atoms with Gasteiger partial charge in [0.05, 0.1) is 6.61 Å². The van der Waals surface area contributed by atoms with Crippen molar-refractivity contribution in [1.82, 2.24) is 0 Å². The summed E-state index contributed by atoms with van der Waals surface area (Å²) in [6.45, 7) is 5.75. The number of ether oxygens (including phenoxy) is 2. The van der Waals surface area contributed by atoms with Gasteiger partial charge in [0, 0.05) is 12.2 Å². The van der Waals surface area contributed by atoms with Gasteiger partial charge in [0.1, 0.15) is 17.2 Å². The minimum atomic E-state index is 0.503. The molecule has 1 N–H and O–H groups in total. The van der Waals surface area contributed by atoms with Gasteiger partial charge in [0.15, 0.2) is 0 Å². The second kappa shape index (κ2) is 9.88. The molecule has 0 fully saturated rings. The molecule has 0 amide bonds. The molecule has 5 rings (SSSR count). The number of anilines is 1. The molecule has 0 spiro atoms. The van der Waals surface area contributed by atoms with Gasteiger partial charge < -0.3 is 14.8 Å². The van der Waals surface area contributed by atoms with Gasteiger partial charge in [-0.05, 0) is 93.7 Å². The molecule has 0 heterocycles. The highest BCUT2D eigenvalue weighted by atomic mass is 16.5. The van der Waals surface area contributed by atoms with Crippen LogP contribution in [0.3, 0.4) is 0 Å². The summed E-state index contributed by atoms with van der Waals surface area (Å²) in [5.74, 6) is 2.96. The van der Waals surface area contributed by atoms with E-state index in [1.807, 2.05) is 36.4 Å². The number of fused-ring (bicyclic) bond motifs is 2. The Bertz CT molecular complexity index is 1390. The van der Waals surface area contributed by atoms with Crippen molar-refractivity contribution in [2.24, 2.45) is 5.92 Å². The van der Waals surface area contributed by atoms with Crippen LogP contribution < -0.4 is 14.8 Å². The van der Waals surface area contributed by atoms with Crippen LogP contribution in [0.2, 0.25) is 0 Å². The molecule has 3 heteroatoms. The maximum Gasteiger partial charge on any atom is 0.127 e. The highest BCUT2D eigenvalue weighted by Crippen LogP contribution is 2.28. The molecule has 3 nitrogen and oxygen atoms in total. The summed E-state index contributed by atoms with van der Waals surface area (Å²) in [5, 5.41) is 8.64. The van der Waals surface area contributed by atoms with E-state index in [4.69, 9.17) is 9.47 Å². The fraction of sp³-hybridized carbons (Fsp3) is 0.161. The monoisotopic (exact) mass is 447 g/mol. The molecule has 0 bridgehead atoms. The van der Waals surface area contributed by atoms with E-state index in [0.717, 1.165) is 29.5 Å². The van der Waals surface area contributed by atoms with Gasteiger partial charge in [-0.25, -0.2) is 0 Å². The summed E-state index contributed by atoms with van der Waals surface area (Å²) in [7, 11) is 0. The van der Waals surface area contributed by atoms with Gasteiger partial charge in [-0.15, -0.1) is 0 Å². The summed E-state index contributed by atoms with van der Waals surface area (Å²) < 4.78 is 11.7. The smallest absolute Gasteiger partial charge is 0.127 e. The third-order valence-electron chi connectivity index (χ3n) is 5.82. The molecular formula is C31H29NO2. The largest absolute Gasteiger partial charge is 0.493 e. The molecule has 0 aliphatic rings. The van der Waals surface area contributed by atoms with E-state index in [1.165, 1.54) is 27.1 Å². The Balaban J connectivity index is 1.23. The lowest BCUT2D eigenvalue weighted by Gasteiger charge is -2.12. The third-order valence-corrected chi connectivity index (χ3v) is 5.82. The van der Waals surface area contributed by atoms with Crippen LogP contribution in [0.1, 0.15) is 19.4 Å². The van der Waals surface area contributed by atoms with Gasteiger partial charge in [0.2, 0.25) is 0 Å². The van der Waals surface area contributed by atoms with Crippen LogP contribution in [-0.2, 0) is 6.54 Å². The summed E-state index contributed by atoms with van der Waals surface area (Å²) in [6, 6.07) is 35.4. The second-order valence-corrected chi connectivity index (χ2v) is 8.99. The van der Waals surface area contributed by atoms with E-state index in [9.17, 15) is 0 Å². The standard InChI is InChI=1S/C31H29NO2/c1-22(2)21-33-28-14-16-30(17-15-28)34-29-12-10-27(11-13-29)32-20-26-9-5-8-25-18-23-6-3-4-7-24(23)19-31(25)26/h3-19,22,32H,20-21H2,1-2H3. The zero-order valence-corrected chi connectivity index (χ0v) is 19.6. The lowest BCUT2D eigenvalue weighted by molar-refractivity contribution is 0.271. The minimum Gasteiger partial charge on any atom is -0.493 e. The Morgan fingerprint density at radius 3 is 1.97 bits per heavy atom. The van der Waals surface area contributed by atoms with Crippen LogP contribution in [0, 0.1) is 5.92 Å². The van der Waals surface area contributed by atoms with Crippen molar-refractivity contribution in [3.05, 3.63) is 109 Å². The minimum absolute atomic E-state index is 0.503. The lowest BCUT2D eigenvalue weighted by Crippen LogP contribution is -2.04. The third kappa shape index (κ3) is 5.15. The van der Waals surface area contributed by atoms with Crippen LogP contribution in [0.5, 0.6) is 17.2 Å². The zero-order chi connectivity index (χ0) is 23.3.